The molecule has 1 aromatic rings. The molecule has 2 saturated heterocycles. The van der Waals surface area contributed by atoms with Gasteiger partial charge in [-0.25, -0.2) is 4.79 Å². The maximum atomic E-state index is 12.7. The molecule has 26 heavy (non-hydrogen) atoms. The van der Waals surface area contributed by atoms with Gasteiger partial charge in [-0.15, -0.1) is 0 Å². The molecule has 4 nitrogen and oxygen atoms in total. The average Bonchev–Trinajstić information content (AvgIpc) is 2.93. The number of rotatable bonds is 4. The zero-order valence-corrected chi connectivity index (χ0v) is 16.5. The fourth-order valence-electron chi connectivity index (χ4n) is 4.43. The van der Waals surface area contributed by atoms with Crippen LogP contribution in [0.2, 0.25) is 0 Å². The second-order valence-corrected chi connectivity index (χ2v) is 8.31. The van der Waals surface area contributed by atoms with Gasteiger partial charge in [0.05, 0.1) is 0 Å². The van der Waals surface area contributed by atoms with Gasteiger partial charge < -0.3 is 15.1 Å². The lowest BCUT2D eigenvalue weighted by atomic mass is 9.92. The summed E-state index contributed by atoms with van der Waals surface area (Å²) in [6, 6.07) is 11.5. The van der Waals surface area contributed by atoms with Gasteiger partial charge in [0.25, 0.3) is 0 Å². The van der Waals surface area contributed by atoms with Crippen molar-refractivity contribution in [2.24, 2.45) is 5.92 Å². The van der Waals surface area contributed by atoms with Crippen LogP contribution in [0.15, 0.2) is 30.3 Å². The Bertz CT molecular complexity index is 560. The Balaban J connectivity index is 1.45. The molecule has 2 amide bonds. The summed E-state index contributed by atoms with van der Waals surface area (Å²) in [5.74, 6) is 1.19. The Morgan fingerprint density at radius 2 is 1.85 bits per heavy atom. The maximum Gasteiger partial charge on any atom is 0.317 e. The first-order chi connectivity index (χ1) is 12.6. The summed E-state index contributed by atoms with van der Waals surface area (Å²) in [6.07, 6.45) is 5.83. The molecular weight excluding hydrogens is 322 g/mol. The lowest BCUT2D eigenvalue weighted by Crippen LogP contribution is -2.46. The molecule has 0 bridgehead atoms. The highest BCUT2D eigenvalue weighted by molar-refractivity contribution is 5.74. The van der Waals surface area contributed by atoms with Crippen molar-refractivity contribution in [3.8, 4) is 0 Å². The van der Waals surface area contributed by atoms with Crippen molar-refractivity contribution in [2.75, 3.05) is 32.7 Å². The minimum absolute atomic E-state index is 0.139. The van der Waals surface area contributed by atoms with Crippen molar-refractivity contribution < 1.29 is 4.79 Å². The molecule has 1 N–H and O–H groups in total. The topological polar surface area (TPSA) is 35.6 Å². The van der Waals surface area contributed by atoms with Gasteiger partial charge in [-0.3, -0.25) is 0 Å². The van der Waals surface area contributed by atoms with Gasteiger partial charge >= 0.3 is 6.03 Å². The molecule has 2 fully saturated rings. The van der Waals surface area contributed by atoms with Gasteiger partial charge in [0.15, 0.2) is 0 Å². The molecular formula is C22H35N3O. The van der Waals surface area contributed by atoms with E-state index in [-0.39, 0.29) is 6.03 Å². The quantitative estimate of drug-likeness (QED) is 0.881. The number of nitrogens with one attached hydrogen (secondary N) is 1. The number of carbonyl (C=O) groups is 1. The minimum atomic E-state index is 0.139. The van der Waals surface area contributed by atoms with Crippen LogP contribution >= 0.6 is 0 Å². The van der Waals surface area contributed by atoms with Crippen molar-refractivity contribution in [3.05, 3.63) is 35.9 Å². The molecule has 2 atom stereocenters. The number of hydrogen-bond donors (Lipinski definition) is 1. The molecule has 2 aliphatic heterocycles. The maximum absolute atomic E-state index is 12.7. The van der Waals surface area contributed by atoms with Crippen LogP contribution in [-0.2, 0) is 0 Å². The Labute approximate surface area is 158 Å². The lowest BCUT2D eigenvalue weighted by molar-refractivity contribution is 0.137. The SMILES string of the molecule is CC(C)N1CCCC(CNC(=O)N2CCCC(c3ccccc3)CC2)C1. The second kappa shape index (κ2) is 9.40. The van der Waals surface area contributed by atoms with E-state index < -0.39 is 0 Å². The van der Waals surface area contributed by atoms with E-state index in [9.17, 15) is 4.79 Å². The van der Waals surface area contributed by atoms with Gasteiger partial charge in [-0.05, 0) is 69.9 Å². The molecule has 3 rings (SSSR count). The van der Waals surface area contributed by atoms with Gasteiger partial charge in [-0.2, -0.15) is 0 Å². The molecule has 0 spiro atoms. The van der Waals surface area contributed by atoms with E-state index in [2.05, 4.69) is 54.4 Å². The molecule has 1 aromatic carbocycles. The third-order valence-electron chi connectivity index (χ3n) is 6.11. The van der Waals surface area contributed by atoms with Crippen LogP contribution in [0, 0.1) is 5.92 Å². The first-order valence-electron chi connectivity index (χ1n) is 10.4. The molecule has 0 aliphatic carbocycles. The second-order valence-electron chi connectivity index (χ2n) is 8.31. The number of urea groups is 1. The Hall–Kier alpha value is -1.55. The predicted molar refractivity (Wildman–Crippen MR) is 107 cm³/mol. The number of likely N-dealkylation sites (tertiary alicyclic amines) is 2. The molecule has 0 radical (unpaired) electrons. The standard InChI is InChI=1S/C22H35N3O/c1-18(2)25-14-6-8-19(17-25)16-23-22(26)24-13-7-11-21(12-15-24)20-9-4-3-5-10-20/h3-5,9-10,18-19,21H,6-8,11-17H2,1-2H3,(H,23,26). The summed E-state index contributed by atoms with van der Waals surface area (Å²) in [5.41, 5.74) is 1.42. The van der Waals surface area contributed by atoms with Gasteiger partial charge in [-0.1, -0.05) is 30.3 Å². The van der Waals surface area contributed by atoms with Crippen molar-refractivity contribution in [1.82, 2.24) is 15.1 Å². The molecule has 4 heteroatoms. The monoisotopic (exact) mass is 357 g/mol. The number of piperidine rings is 1. The normalized spacial score (nSPS) is 25.1. The number of carbonyl (C=O) groups excluding carboxylic acids is 1. The summed E-state index contributed by atoms with van der Waals surface area (Å²) in [7, 11) is 0. The van der Waals surface area contributed by atoms with Gasteiger partial charge in [0.1, 0.15) is 0 Å². The summed E-state index contributed by atoms with van der Waals surface area (Å²) < 4.78 is 0. The van der Waals surface area contributed by atoms with Gasteiger partial charge in [0.2, 0.25) is 0 Å². The van der Waals surface area contributed by atoms with Crippen LogP contribution in [0.5, 0.6) is 0 Å². The largest absolute Gasteiger partial charge is 0.338 e. The first kappa shape index (κ1) is 19.2. The predicted octanol–water partition coefficient (Wildman–Crippen LogP) is 4.09. The van der Waals surface area contributed by atoms with E-state index in [1.165, 1.54) is 31.4 Å². The highest BCUT2D eigenvalue weighted by Gasteiger charge is 2.24. The molecule has 2 heterocycles. The first-order valence-corrected chi connectivity index (χ1v) is 10.4. The van der Waals surface area contributed by atoms with E-state index in [4.69, 9.17) is 0 Å². The van der Waals surface area contributed by atoms with E-state index >= 15 is 0 Å². The van der Waals surface area contributed by atoms with Gasteiger partial charge in [0, 0.05) is 32.2 Å². The Morgan fingerprint density at radius 1 is 1.08 bits per heavy atom. The van der Waals surface area contributed by atoms with Crippen molar-refractivity contribution in [1.29, 1.82) is 0 Å². The zero-order chi connectivity index (χ0) is 18.4. The molecule has 0 saturated carbocycles. The molecule has 0 aromatic heterocycles. The van der Waals surface area contributed by atoms with Crippen molar-refractivity contribution in [3.63, 3.8) is 0 Å². The summed E-state index contributed by atoms with van der Waals surface area (Å²) in [5, 5.41) is 3.22. The summed E-state index contributed by atoms with van der Waals surface area (Å²) in [6.45, 7) is 9.43. The fourth-order valence-corrected chi connectivity index (χ4v) is 4.43. The van der Waals surface area contributed by atoms with Crippen LogP contribution in [-0.4, -0.2) is 54.6 Å². The zero-order valence-electron chi connectivity index (χ0n) is 16.5. The summed E-state index contributed by atoms with van der Waals surface area (Å²) in [4.78, 5) is 17.2. The van der Waals surface area contributed by atoms with E-state index in [0.717, 1.165) is 39.0 Å². The fraction of sp³-hybridized carbons (Fsp3) is 0.682. The average molecular weight is 358 g/mol. The number of amides is 2. The van der Waals surface area contributed by atoms with Crippen molar-refractivity contribution >= 4 is 6.03 Å². The summed E-state index contributed by atoms with van der Waals surface area (Å²) >= 11 is 0. The number of hydrogen-bond acceptors (Lipinski definition) is 2. The Morgan fingerprint density at radius 3 is 2.62 bits per heavy atom. The number of nitrogens with zero attached hydrogens (tertiary/aromatic N) is 2. The van der Waals surface area contributed by atoms with E-state index in [1.54, 1.807) is 0 Å². The minimum Gasteiger partial charge on any atom is -0.338 e. The van der Waals surface area contributed by atoms with Crippen LogP contribution in [0.4, 0.5) is 4.79 Å². The molecule has 2 aliphatic rings. The van der Waals surface area contributed by atoms with E-state index in [0.29, 0.717) is 17.9 Å². The lowest BCUT2D eigenvalue weighted by Gasteiger charge is -2.35. The third-order valence-corrected chi connectivity index (χ3v) is 6.11. The van der Waals surface area contributed by atoms with Crippen LogP contribution in [0.3, 0.4) is 0 Å². The molecule has 2 unspecified atom stereocenters. The highest BCUT2D eigenvalue weighted by Crippen LogP contribution is 2.27. The van der Waals surface area contributed by atoms with E-state index in [1.807, 2.05) is 4.90 Å². The highest BCUT2D eigenvalue weighted by atomic mass is 16.2. The smallest absolute Gasteiger partial charge is 0.317 e. The number of benzene rings is 1. The van der Waals surface area contributed by atoms with Crippen LogP contribution in [0.1, 0.15) is 57.4 Å². The third kappa shape index (κ3) is 5.23. The molecule has 144 valence electrons. The van der Waals surface area contributed by atoms with Crippen LogP contribution < -0.4 is 5.32 Å². The van der Waals surface area contributed by atoms with Crippen LogP contribution in [0.25, 0.3) is 0 Å². The Kier molecular flexibility index (Phi) is 6.95. The van der Waals surface area contributed by atoms with Crippen molar-refractivity contribution in [2.45, 2.75) is 57.9 Å².